The van der Waals surface area contributed by atoms with Crippen LogP contribution in [0.2, 0.25) is 0 Å². The van der Waals surface area contributed by atoms with Gasteiger partial charge in [-0.2, -0.15) is 0 Å². The van der Waals surface area contributed by atoms with Crippen LogP contribution in [0, 0.1) is 0 Å². The Kier molecular flexibility index (Phi) is 4.24. The van der Waals surface area contributed by atoms with Gasteiger partial charge in [0.1, 0.15) is 5.75 Å². The van der Waals surface area contributed by atoms with Gasteiger partial charge in [0, 0.05) is 25.2 Å². The Hall–Kier alpha value is -2.88. The highest BCUT2D eigenvalue weighted by Crippen LogP contribution is 2.20. The number of nitrogens with zero attached hydrogens (tertiary/aromatic N) is 2. The summed E-state index contributed by atoms with van der Waals surface area (Å²) in [7, 11) is 3.35. The number of ether oxygens (including phenoxy) is 1. The highest BCUT2D eigenvalue weighted by Gasteiger charge is 2.16. The van der Waals surface area contributed by atoms with Crippen molar-refractivity contribution in [2.75, 3.05) is 14.2 Å². The van der Waals surface area contributed by atoms with Crippen molar-refractivity contribution in [1.82, 2.24) is 9.88 Å². The number of carbonyl (C=O) groups excluding carboxylic acids is 1. The lowest BCUT2D eigenvalue weighted by molar-refractivity contribution is 0.0781. The SMILES string of the molecule is COc1ccccc1C(=O)N(C)Cc1cnc2ccccc2c1. The monoisotopic (exact) mass is 306 g/mol. The molecule has 0 fully saturated rings. The zero-order valence-electron chi connectivity index (χ0n) is 13.2. The van der Waals surface area contributed by atoms with Crippen LogP contribution in [0.3, 0.4) is 0 Å². The predicted molar refractivity (Wildman–Crippen MR) is 90.5 cm³/mol. The van der Waals surface area contributed by atoms with Crippen LogP contribution in [0.5, 0.6) is 5.75 Å². The quantitative estimate of drug-likeness (QED) is 0.740. The van der Waals surface area contributed by atoms with Crippen molar-refractivity contribution in [2.24, 2.45) is 0 Å². The molecule has 0 N–H and O–H groups in total. The summed E-state index contributed by atoms with van der Waals surface area (Å²) in [5, 5.41) is 1.07. The summed E-state index contributed by atoms with van der Waals surface area (Å²) in [6, 6.07) is 17.3. The van der Waals surface area contributed by atoms with Gasteiger partial charge >= 0.3 is 0 Å². The normalized spacial score (nSPS) is 10.5. The van der Waals surface area contributed by atoms with E-state index in [4.69, 9.17) is 4.74 Å². The zero-order valence-corrected chi connectivity index (χ0v) is 13.2. The molecule has 3 rings (SSSR count). The van der Waals surface area contributed by atoms with E-state index in [2.05, 4.69) is 11.1 Å². The van der Waals surface area contributed by atoms with Crippen molar-refractivity contribution in [3.63, 3.8) is 0 Å². The van der Waals surface area contributed by atoms with E-state index in [1.165, 1.54) is 0 Å². The number of carbonyl (C=O) groups is 1. The molecule has 3 aromatic rings. The van der Waals surface area contributed by atoms with Crippen molar-refractivity contribution in [1.29, 1.82) is 0 Å². The number of hydrogen-bond donors (Lipinski definition) is 0. The summed E-state index contributed by atoms with van der Waals surface area (Å²) >= 11 is 0. The molecule has 0 aliphatic heterocycles. The highest BCUT2D eigenvalue weighted by atomic mass is 16.5. The Labute approximate surface area is 135 Å². The van der Waals surface area contributed by atoms with Gasteiger partial charge in [-0.15, -0.1) is 0 Å². The Morgan fingerprint density at radius 3 is 2.70 bits per heavy atom. The van der Waals surface area contributed by atoms with Gasteiger partial charge in [0.25, 0.3) is 5.91 Å². The van der Waals surface area contributed by atoms with E-state index >= 15 is 0 Å². The van der Waals surface area contributed by atoms with E-state index in [0.717, 1.165) is 16.5 Å². The summed E-state index contributed by atoms with van der Waals surface area (Å²) in [6.45, 7) is 0.495. The molecule has 23 heavy (non-hydrogen) atoms. The lowest BCUT2D eigenvalue weighted by Crippen LogP contribution is -2.26. The van der Waals surface area contributed by atoms with Crippen molar-refractivity contribution in [3.05, 3.63) is 71.9 Å². The van der Waals surface area contributed by atoms with E-state index in [-0.39, 0.29) is 5.91 Å². The summed E-state index contributed by atoms with van der Waals surface area (Å²) < 4.78 is 5.26. The van der Waals surface area contributed by atoms with Crippen molar-refractivity contribution in [2.45, 2.75) is 6.54 Å². The molecule has 1 heterocycles. The van der Waals surface area contributed by atoms with E-state index in [1.807, 2.05) is 42.6 Å². The molecule has 4 heteroatoms. The molecular formula is C19H18N2O2. The molecule has 1 aromatic heterocycles. The number of rotatable bonds is 4. The Balaban J connectivity index is 1.82. The van der Waals surface area contributed by atoms with E-state index in [0.29, 0.717) is 17.9 Å². The summed E-state index contributed by atoms with van der Waals surface area (Å²) in [5.41, 5.74) is 2.51. The van der Waals surface area contributed by atoms with Gasteiger partial charge in [-0.25, -0.2) is 0 Å². The number of methoxy groups -OCH3 is 1. The molecule has 0 saturated carbocycles. The molecule has 1 amide bonds. The molecule has 0 aliphatic rings. The molecular weight excluding hydrogens is 288 g/mol. The number of hydrogen-bond acceptors (Lipinski definition) is 3. The molecule has 0 radical (unpaired) electrons. The number of benzene rings is 2. The van der Waals surface area contributed by atoms with Crippen LogP contribution in [0.4, 0.5) is 0 Å². The summed E-state index contributed by atoms with van der Waals surface area (Å²) in [5.74, 6) is 0.511. The maximum atomic E-state index is 12.6. The van der Waals surface area contributed by atoms with Crippen molar-refractivity contribution in [3.8, 4) is 5.75 Å². The van der Waals surface area contributed by atoms with Crippen LogP contribution < -0.4 is 4.74 Å². The number of fused-ring (bicyclic) bond motifs is 1. The largest absolute Gasteiger partial charge is 0.496 e. The fourth-order valence-electron chi connectivity index (χ4n) is 2.58. The third-order valence-electron chi connectivity index (χ3n) is 3.75. The Bertz CT molecular complexity index is 845. The maximum absolute atomic E-state index is 12.6. The van der Waals surface area contributed by atoms with E-state index < -0.39 is 0 Å². The molecule has 0 spiro atoms. The number of aromatic nitrogens is 1. The first kappa shape index (κ1) is 15.0. The van der Waals surface area contributed by atoms with Gasteiger partial charge in [0.05, 0.1) is 18.2 Å². The standard InChI is InChI=1S/C19H18N2O2/c1-21(19(22)16-8-4-6-10-18(16)23-2)13-14-11-15-7-3-5-9-17(15)20-12-14/h3-12H,13H2,1-2H3. The van der Waals surface area contributed by atoms with E-state index in [1.54, 1.807) is 31.2 Å². The second kappa shape index (κ2) is 6.48. The Morgan fingerprint density at radius 1 is 1.13 bits per heavy atom. The van der Waals surface area contributed by atoms with Crippen LogP contribution >= 0.6 is 0 Å². The lowest BCUT2D eigenvalue weighted by Gasteiger charge is -2.18. The minimum atomic E-state index is -0.0735. The molecule has 0 saturated heterocycles. The van der Waals surface area contributed by atoms with Gasteiger partial charge in [-0.1, -0.05) is 30.3 Å². The van der Waals surface area contributed by atoms with Crippen LogP contribution in [-0.4, -0.2) is 29.9 Å². The fourth-order valence-corrected chi connectivity index (χ4v) is 2.58. The molecule has 0 aliphatic carbocycles. The second-order valence-corrected chi connectivity index (χ2v) is 5.40. The minimum absolute atomic E-state index is 0.0735. The average molecular weight is 306 g/mol. The lowest BCUT2D eigenvalue weighted by atomic mass is 10.1. The first-order valence-corrected chi connectivity index (χ1v) is 7.41. The molecule has 2 aromatic carbocycles. The number of amides is 1. The summed E-state index contributed by atoms with van der Waals surface area (Å²) in [4.78, 5) is 18.7. The molecule has 0 unspecified atom stereocenters. The first-order valence-electron chi connectivity index (χ1n) is 7.41. The zero-order chi connectivity index (χ0) is 16.2. The van der Waals surface area contributed by atoms with E-state index in [9.17, 15) is 4.79 Å². The van der Waals surface area contributed by atoms with Crippen LogP contribution in [0.15, 0.2) is 60.8 Å². The van der Waals surface area contributed by atoms with Crippen LogP contribution in [0.25, 0.3) is 10.9 Å². The van der Waals surface area contributed by atoms with Crippen LogP contribution in [-0.2, 0) is 6.54 Å². The topological polar surface area (TPSA) is 42.4 Å². The Morgan fingerprint density at radius 2 is 1.87 bits per heavy atom. The number of pyridine rings is 1. The predicted octanol–water partition coefficient (Wildman–Crippen LogP) is 3.52. The van der Waals surface area contributed by atoms with Gasteiger partial charge in [0.2, 0.25) is 0 Å². The molecule has 0 atom stereocenters. The van der Waals surface area contributed by atoms with Gasteiger partial charge in [0.15, 0.2) is 0 Å². The third-order valence-corrected chi connectivity index (χ3v) is 3.75. The smallest absolute Gasteiger partial charge is 0.257 e. The molecule has 0 bridgehead atoms. The molecule has 116 valence electrons. The van der Waals surface area contributed by atoms with Gasteiger partial charge in [-0.3, -0.25) is 9.78 Å². The highest BCUT2D eigenvalue weighted by molar-refractivity contribution is 5.96. The van der Waals surface area contributed by atoms with Crippen molar-refractivity contribution >= 4 is 16.8 Å². The average Bonchev–Trinajstić information content (AvgIpc) is 2.60. The third kappa shape index (κ3) is 3.16. The van der Waals surface area contributed by atoms with Gasteiger partial charge in [-0.05, 0) is 29.8 Å². The molecule has 4 nitrogen and oxygen atoms in total. The first-order chi connectivity index (χ1) is 11.2. The minimum Gasteiger partial charge on any atom is -0.496 e. The van der Waals surface area contributed by atoms with Crippen LogP contribution in [0.1, 0.15) is 15.9 Å². The fraction of sp³-hybridized carbons (Fsp3) is 0.158. The van der Waals surface area contributed by atoms with Crippen molar-refractivity contribution < 1.29 is 9.53 Å². The second-order valence-electron chi connectivity index (χ2n) is 5.40. The summed E-state index contributed by atoms with van der Waals surface area (Å²) in [6.07, 6.45) is 1.81. The number of para-hydroxylation sites is 2. The maximum Gasteiger partial charge on any atom is 0.257 e. The van der Waals surface area contributed by atoms with Gasteiger partial charge < -0.3 is 9.64 Å².